The van der Waals surface area contributed by atoms with Crippen LogP contribution in [0.15, 0.2) is 168 Å². The summed E-state index contributed by atoms with van der Waals surface area (Å²) >= 11 is 0. The van der Waals surface area contributed by atoms with E-state index in [0.717, 1.165) is 20.1 Å². The van der Waals surface area contributed by atoms with Crippen molar-refractivity contribution in [1.82, 2.24) is 24.1 Å². The van der Waals surface area contributed by atoms with Crippen LogP contribution in [-0.2, 0) is 0 Å². The average Bonchev–Trinajstić information content (AvgIpc) is 4.03. The maximum absolute atomic E-state index is 9.22. The summed E-state index contributed by atoms with van der Waals surface area (Å²) in [5.74, 6) is -1.21. The molecule has 0 saturated heterocycles. The molecule has 6 nitrogen and oxygen atoms in total. The van der Waals surface area contributed by atoms with Gasteiger partial charge < -0.3 is 4.42 Å². The second-order valence-electron chi connectivity index (χ2n) is 11.7. The lowest BCUT2D eigenvalue weighted by Crippen LogP contribution is -2.10. The molecule has 0 spiro atoms. The summed E-state index contributed by atoms with van der Waals surface area (Å²) in [6, 6.07) is 9.59. The van der Waals surface area contributed by atoms with Gasteiger partial charge in [-0.1, -0.05) is 121 Å². The Morgan fingerprint density at radius 3 is 1.49 bits per heavy atom. The van der Waals surface area contributed by atoms with Crippen molar-refractivity contribution < 1.29 is 26.3 Å². The first-order chi connectivity index (χ1) is 31.9. The fourth-order valence-electron chi connectivity index (χ4n) is 6.71. The third kappa shape index (κ3) is 4.14. The van der Waals surface area contributed by atoms with Crippen LogP contribution >= 0.6 is 0 Å². The first-order valence-corrected chi connectivity index (χ1v) is 15.7. The molecule has 0 N–H and O–H groups in total. The number of aromatic nitrogens is 5. The van der Waals surface area contributed by atoms with Crippen LogP contribution in [0.25, 0.3) is 100.0 Å². The number of benzene rings is 7. The van der Waals surface area contributed by atoms with Crippen molar-refractivity contribution in [2.75, 3.05) is 0 Å². The Bertz CT molecular complexity index is 3740. The van der Waals surface area contributed by atoms with Gasteiger partial charge >= 0.3 is 0 Å². The van der Waals surface area contributed by atoms with E-state index < -0.39 is 109 Å². The van der Waals surface area contributed by atoms with Crippen molar-refractivity contribution >= 4 is 65.6 Å². The Labute approximate surface area is 314 Å². The number of hydrogen-bond acceptors (Lipinski definition) is 4. The second-order valence-corrected chi connectivity index (χ2v) is 11.7. The molecule has 238 valence electrons. The second kappa shape index (κ2) is 10.7. The highest BCUT2D eigenvalue weighted by Gasteiger charge is 2.23. The quantitative estimate of drug-likeness (QED) is 0.187. The first kappa shape index (κ1) is 16.6. The van der Waals surface area contributed by atoms with Crippen LogP contribution in [0.1, 0.15) is 21.9 Å². The molecule has 51 heavy (non-hydrogen) atoms. The molecule has 4 aromatic heterocycles. The lowest BCUT2D eigenvalue weighted by Gasteiger charge is -2.13. The molecule has 7 aromatic carbocycles. The number of rotatable bonds is 4. The van der Waals surface area contributed by atoms with Crippen LogP contribution in [0.5, 0.6) is 0 Å². The number of nitrogens with zero attached hydrogens (tertiary/aromatic N) is 5. The van der Waals surface area contributed by atoms with Gasteiger partial charge in [-0.25, -0.2) is 0 Å². The minimum absolute atomic E-state index is 0.213. The Hall–Kier alpha value is -7.05. The highest BCUT2D eigenvalue weighted by atomic mass is 16.3. The van der Waals surface area contributed by atoms with Gasteiger partial charge in [0, 0.05) is 32.3 Å². The predicted molar refractivity (Wildman–Crippen MR) is 207 cm³/mol. The van der Waals surface area contributed by atoms with E-state index in [4.69, 9.17) is 35.8 Å². The highest BCUT2D eigenvalue weighted by Crippen LogP contribution is 2.40. The molecule has 0 amide bonds. The molecule has 11 aromatic rings. The third-order valence-corrected chi connectivity index (χ3v) is 8.90. The maximum Gasteiger partial charge on any atom is 0.240 e. The van der Waals surface area contributed by atoms with Crippen molar-refractivity contribution in [1.29, 1.82) is 0 Å². The van der Waals surface area contributed by atoms with Crippen LogP contribution in [-0.4, -0.2) is 24.1 Å². The monoisotopic (exact) mass is 669 g/mol. The number of hydrogen-bond donors (Lipinski definition) is 0. The fraction of sp³-hybridized carbons (Fsp3) is 0. The predicted octanol–water partition coefficient (Wildman–Crippen LogP) is 11.3. The molecule has 0 unspecified atom stereocenters. The Morgan fingerprint density at radius 2 is 0.941 bits per heavy atom. The lowest BCUT2D eigenvalue weighted by atomic mass is 9.99. The molecule has 0 saturated carbocycles. The maximum atomic E-state index is 9.22. The minimum Gasteiger partial charge on any atom is -0.455 e. The molecule has 0 aliphatic heterocycles. The van der Waals surface area contributed by atoms with Crippen LogP contribution in [0.4, 0.5) is 0 Å². The van der Waals surface area contributed by atoms with Crippen molar-refractivity contribution in [2.45, 2.75) is 0 Å². The minimum atomic E-state index is -0.708. The molecule has 0 bridgehead atoms. The summed E-state index contributed by atoms with van der Waals surface area (Å²) in [4.78, 5) is 14.6. The van der Waals surface area contributed by atoms with Gasteiger partial charge in [0.25, 0.3) is 0 Å². The average molecular weight is 670 g/mol. The highest BCUT2D eigenvalue weighted by molar-refractivity contribution is 6.12. The van der Waals surface area contributed by atoms with Gasteiger partial charge in [-0.2, -0.15) is 15.0 Å². The van der Waals surface area contributed by atoms with Gasteiger partial charge in [0.2, 0.25) is 11.9 Å². The van der Waals surface area contributed by atoms with Gasteiger partial charge in [0.05, 0.1) is 49.6 Å². The lowest BCUT2D eigenvalue weighted by molar-refractivity contribution is 0.669. The Morgan fingerprint density at radius 1 is 0.451 bits per heavy atom. The summed E-state index contributed by atoms with van der Waals surface area (Å²) in [6.45, 7) is 0. The van der Waals surface area contributed by atoms with E-state index in [-0.39, 0.29) is 60.6 Å². The van der Waals surface area contributed by atoms with Crippen molar-refractivity contribution in [3.8, 4) is 34.4 Å². The summed E-state index contributed by atoms with van der Waals surface area (Å²) in [7, 11) is 0. The van der Waals surface area contributed by atoms with Crippen LogP contribution < -0.4 is 0 Å². The summed E-state index contributed by atoms with van der Waals surface area (Å²) in [5, 5.41) is 0.236. The van der Waals surface area contributed by atoms with Gasteiger partial charge in [0.15, 0.2) is 5.82 Å². The fourth-order valence-corrected chi connectivity index (χ4v) is 6.71. The van der Waals surface area contributed by atoms with E-state index in [9.17, 15) is 5.48 Å². The standard InChI is InChI=1S/C45H27N5O/c1-2-14-28(15-3-1)29-26-35-34-20-8-13-25-41(34)51-42(35)36(27-29)43-46-44(49-37-21-9-4-16-30(37)31-17-5-10-22-38(31)49)48-45(47-43)50-39-23-11-6-18-32(39)33-19-7-12-24-40(33)50/h1-27H/i4D,5D,6D,7D,9D,10D,11D,12D,16D,17D,18D,19D,21D,22D,23D,24D. The topological polar surface area (TPSA) is 61.7 Å². The Kier molecular flexibility index (Phi) is 3.48. The summed E-state index contributed by atoms with van der Waals surface area (Å²) in [6.07, 6.45) is 0. The molecule has 6 heteroatoms. The zero-order valence-corrected chi connectivity index (χ0v) is 26.0. The van der Waals surface area contributed by atoms with Crippen LogP contribution in [0, 0.1) is 0 Å². The molecule has 0 aliphatic rings. The third-order valence-electron chi connectivity index (χ3n) is 8.90. The largest absolute Gasteiger partial charge is 0.455 e. The SMILES string of the molecule is [2H]c1c([2H])c([2H])c2c(c1[2H])c1c([2H])c([2H])c([2H])c([2H])c1n2-c1nc(-c2cc(-c3ccccc3)cc3c2oc2ccccc23)nc(-n2c3c([2H])c([2H])c([2H])c([2H])c3c3c([2H])c([2H])c([2H])c([2H])c32)n1. The molecular weight excluding hydrogens is 627 g/mol. The van der Waals surface area contributed by atoms with E-state index in [2.05, 4.69) is 0 Å². The van der Waals surface area contributed by atoms with E-state index in [1.165, 1.54) is 0 Å². The van der Waals surface area contributed by atoms with Crippen LogP contribution in [0.2, 0.25) is 0 Å². The van der Waals surface area contributed by atoms with E-state index in [1.807, 2.05) is 48.5 Å². The van der Waals surface area contributed by atoms with Gasteiger partial charge in [0.1, 0.15) is 11.2 Å². The molecule has 0 atom stereocenters. The van der Waals surface area contributed by atoms with E-state index in [1.54, 1.807) is 18.2 Å². The number of furan rings is 1. The number of fused-ring (bicyclic) bond motifs is 9. The van der Waals surface area contributed by atoms with Crippen molar-refractivity contribution in [3.05, 3.63) is 163 Å². The van der Waals surface area contributed by atoms with Gasteiger partial charge in [-0.15, -0.1) is 0 Å². The molecule has 4 heterocycles. The van der Waals surface area contributed by atoms with Gasteiger partial charge in [-0.3, -0.25) is 9.13 Å². The normalized spacial score (nSPS) is 16.3. The summed E-state index contributed by atoms with van der Waals surface area (Å²) < 4.78 is 151. The molecule has 11 rings (SSSR count). The van der Waals surface area contributed by atoms with Gasteiger partial charge in [-0.05, 0) is 53.5 Å². The molecular formula is C45H27N5O. The number of para-hydroxylation sites is 5. The zero-order valence-electron chi connectivity index (χ0n) is 42.0. The van der Waals surface area contributed by atoms with Crippen molar-refractivity contribution in [2.24, 2.45) is 0 Å². The van der Waals surface area contributed by atoms with E-state index in [0.29, 0.717) is 16.5 Å². The smallest absolute Gasteiger partial charge is 0.240 e. The molecule has 0 fully saturated rings. The van der Waals surface area contributed by atoms with E-state index >= 15 is 0 Å². The summed E-state index contributed by atoms with van der Waals surface area (Å²) in [5.41, 5.74) is 1.05. The zero-order chi connectivity index (χ0) is 47.4. The Balaban J connectivity index is 1.41. The first-order valence-electron chi connectivity index (χ1n) is 23.7. The van der Waals surface area contributed by atoms with Crippen LogP contribution in [0.3, 0.4) is 0 Å². The molecule has 0 aliphatic carbocycles. The van der Waals surface area contributed by atoms with Crippen molar-refractivity contribution in [3.63, 3.8) is 0 Å². The molecule has 0 radical (unpaired) electrons.